The fraction of sp³-hybridized carbons (Fsp3) is 0.500. The van der Waals surface area contributed by atoms with Crippen LogP contribution in [0.4, 0.5) is 16.3 Å². The number of benzene rings is 1. The minimum absolute atomic E-state index is 0.102. The zero-order valence-electron chi connectivity index (χ0n) is 21.7. The third kappa shape index (κ3) is 5.87. The smallest absolute Gasteiger partial charge is 0.407 e. The Kier molecular flexibility index (Phi) is 7.73. The van der Waals surface area contributed by atoms with Crippen LogP contribution in [0.5, 0.6) is 0 Å². The van der Waals surface area contributed by atoms with Gasteiger partial charge in [0, 0.05) is 40.1 Å². The molecule has 5 rings (SSSR count). The molecule has 3 N–H and O–H groups in total. The summed E-state index contributed by atoms with van der Waals surface area (Å²) in [6.07, 6.45) is 4.92. The number of alkyl carbamates (subject to hydrolysis) is 1. The Morgan fingerprint density at radius 2 is 1.95 bits per heavy atom. The average molecular weight is 560 g/mol. The number of carbonyl (C=O) groups is 1. The van der Waals surface area contributed by atoms with Crippen LogP contribution in [0.2, 0.25) is 0 Å². The maximum absolute atomic E-state index is 13.5. The van der Waals surface area contributed by atoms with E-state index in [0.717, 1.165) is 36.3 Å². The standard InChI is InChI=1S/C26H33N5O5S2/c1-15(2)36-26(32)29-18-6-4-17(5-7-18)22-12-27-25(37-22)21-9-8-19(28-24-10-16(3)30-31-24)11-23(21)38(33,34)20-13-35-14-20/h8-12,15,17-18,20H,4-7,13-14H2,1-3H3,(H,29,32)(H2,28,30,31). The van der Waals surface area contributed by atoms with Gasteiger partial charge in [0.1, 0.15) is 10.3 Å². The number of ether oxygens (including phenoxy) is 2. The van der Waals surface area contributed by atoms with Crippen molar-refractivity contribution in [3.8, 4) is 10.6 Å². The summed E-state index contributed by atoms with van der Waals surface area (Å²) in [5.41, 5.74) is 2.14. The summed E-state index contributed by atoms with van der Waals surface area (Å²) in [7, 11) is -3.61. The van der Waals surface area contributed by atoms with Crippen LogP contribution in [0.15, 0.2) is 35.4 Å². The SMILES string of the molecule is Cc1cc(Nc2ccc(-c3ncc(C4CCC(NC(=O)OC(C)C)CC4)s3)c(S(=O)(=O)C3COC3)c2)n[nH]1. The second-order valence-corrected chi connectivity index (χ2v) is 13.5. The zero-order valence-corrected chi connectivity index (χ0v) is 23.3. The van der Waals surface area contributed by atoms with E-state index in [9.17, 15) is 13.2 Å². The molecule has 0 unspecified atom stereocenters. The van der Waals surface area contributed by atoms with Gasteiger partial charge in [-0.3, -0.25) is 5.10 Å². The van der Waals surface area contributed by atoms with Crippen molar-refractivity contribution in [2.24, 2.45) is 0 Å². The molecule has 3 aromatic rings. The maximum atomic E-state index is 13.5. The van der Waals surface area contributed by atoms with Crippen LogP contribution in [0, 0.1) is 6.92 Å². The van der Waals surface area contributed by atoms with E-state index in [1.165, 1.54) is 0 Å². The minimum Gasteiger partial charge on any atom is -0.447 e. The Hall–Kier alpha value is -2.96. The molecule has 3 heterocycles. The highest BCUT2D eigenvalue weighted by molar-refractivity contribution is 7.92. The number of aromatic amines is 1. The van der Waals surface area contributed by atoms with Gasteiger partial charge in [-0.1, -0.05) is 0 Å². The molecule has 10 nitrogen and oxygen atoms in total. The number of aryl methyl sites for hydroxylation is 1. The van der Waals surface area contributed by atoms with Crippen LogP contribution in [0.1, 0.15) is 56.0 Å². The summed E-state index contributed by atoms with van der Waals surface area (Å²) in [5.74, 6) is 0.939. The van der Waals surface area contributed by atoms with Crippen LogP contribution < -0.4 is 10.6 Å². The van der Waals surface area contributed by atoms with Crippen LogP contribution >= 0.6 is 11.3 Å². The second kappa shape index (κ2) is 11.0. The fourth-order valence-electron chi connectivity index (χ4n) is 4.75. The summed E-state index contributed by atoms with van der Waals surface area (Å²) in [5, 5.41) is 13.3. The quantitative estimate of drug-likeness (QED) is 0.354. The lowest BCUT2D eigenvalue weighted by atomic mass is 9.85. The molecule has 2 aliphatic rings. The molecule has 1 saturated heterocycles. The Balaban J connectivity index is 1.34. The Morgan fingerprint density at radius 3 is 2.58 bits per heavy atom. The van der Waals surface area contributed by atoms with Crippen molar-refractivity contribution >= 4 is 38.8 Å². The molecule has 0 radical (unpaired) electrons. The molecule has 0 atom stereocenters. The molecule has 1 amide bonds. The van der Waals surface area contributed by atoms with Gasteiger partial charge >= 0.3 is 6.09 Å². The van der Waals surface area contributed by atoms with Gasteiger partial charge in [0.15, 0.2) is 15.7 Å². The van der Waals surface area contributed by atoms with Gasteiger partial charge in [0.25, 0.3) is 0 Å². The number of aromatic nitrogens is 3. The van der Waals surface area contributed by atoms with Gasteiger partial charge in [-0.05, 0) is 70.6 Å². The highest BCUT2D eigenvalue weighted by Gasteiger charge is 2.36. The van der Waals surface area contributed by atoms with Crippen molar-refractivity contribution in [1.82, 2.24) is 20.5 Å². The van der Waals surface area contributed by atoms with Gasteiger partial charge in [-0.25, -0.2) is 18.2 Å². The largest absolute Gasteiger partial charge is 0.447 e. The van der Waals surface area contributed by atoms with Crippen molar-refractivity contribution in [2.75, 3.05) is 18.5 Å². The molecule has 12 heteroatoms. The van der Waals surface area contributed by atoms with E-state index in [1.807, 2.05) is 45.2 Å². The van der Waals surface area contributed by atoms with Crippen molar-refractivity contribution in [3.63, 3.8) is 0 Å². The lowest BCUT2D eigenvalue weighted by Gasteiger charge is -2.28. The first-order chi connectivity index (χ1) is 18.2. The van der Waals surface area contributed by atoms with Crippen LogP contribution in [-0.2, 0) is 19.3 Å². The number of thiazole rings is 1. The second-order valence-electron chi connectivity index (χ2n) is 10.2. The van der Waals surface area contributed by atoms with Crippen molar-refractivity contribution < 1.29 is 22.7 Å². The first-order valence-electron chi connectivity index (χ1n) is 12.9. The Morgan fingerprint density at radius 1 is 1.18 bits per heavy atom. The molecule has 1 aromatic carbocycles. The normalized spacial score (nSPS) is 20.2. The number of H-pyrrole nitrogens is 1. The third-order valence-electron chi connectivity index (χ3n) is 6.86. The molecule has 2 aromatic heterocycles. The van der Waals surface area contributed by atoms with Crippen LogP contribution in [0.25, 0.3) is 10.6 Å². The Labute approximate surface area is 226 Å². The number of anilines is 2. The van der Waals surface area contributed by atoms with Gasteiger partial charge in [0.2, 0.25) is 0 Å². The minimum atomic E-state index is -3.61. The van der Waals surface area contributed by atoms with Crippen molar-refractivity contribution in [1.29, 1.82) is 0 Å². The molecule has 2 fully saturated rings. The number of rotatable bonds is 8. The molecule has 1 saturated carbocycles. The predicted octanol–water partition coefficient (Wildman–Crippen LogP) is 4.92. The molecule has 0 spiro atoms. The van der Waals surface area contributed by atoms with Crippen molar-refractivity contribution in [2.45, 2.75) is 74.7 Å². The molecule has 1 aliphatic heterocycles. The van der Waals surface area contributed by atoms with E-state index in [2.05, 4.69) is 25.8 Å². The van der Waals surface area contributed by atoms with E-state index < -0.39 is 15.1 Å². The number of carbonyl (C=O) groups excluding carboxylic acids is 1. The first kappa shape index (κ1) is 26.6. The molecule has 38 heavy (non-hydrogen) atoms. The first-order valence-corrected chi connectivity index (χ1v) is 15.2. The third-order valence-corrected chi connectivity index (χ3v) is 10.2. The summed E-state index contributed by atoms with van der Waals surface area (Å²) < 4.78 is 37.4. The molecule has 1 aliphatic carbocycles. The van der Waals surface area contributed by atoms with E-state index in [1.54, 1.807) is 17.4 Å². The lowest BCUT2D eigenvalue weighted by Crippen LogP contribution is -2.40. The zero-order chi connectivity index (χ0) is 26.9. The van der Waals surface area contributed by atoms with Gasteiger partial charge in [0.05, 0.1) is 24.2 Å². The van der Waals surface area contributed by atoms with Crippen molar-refractivity contribution in [3.05, 3.63) is 41.0 Å². The molecule has 204 valence electrons. The Bertz CT molecular complexity index is 1390. The van der Waals surface area contributed by atoms with Gasteiger partial charge < -0.3 is 20.1 Å². The summed E-state index contributed by atoms with van der Waals surface area (Å²) in [6.45, 7) is 5.96. The van der Waals surface area contributed by atoms with Crippen LogP contribution in [0.3, 0.4) is 0 Å². The monoisotopic (exact) mass is 559 g/mol. The topological polar surface area (TPSA) is 135 Å². The van der Waals surface area contributed by atoms with E-state index in [-0.39, 0.29) is 36.3 Å². The van der Waals surface area contributed by atoms with Gasteiger partial charge in [-0.15, -0.1) is 11.3 Å². The summed E-state index contributed by atoms with van der Waals surface area (Å²) >= 11 is 1.54. The summed E-state index contributed by atoms with van der Waals surface area (Å²) in [6, 6.07) is 7.29. The van der Waals surface area contributed by atoms with E-state index >= 15 is 0 Å². The summed E-state index contributed by atoms with van der Waals surface area (Å²) in [4.78, 5) is 18.0. The predicted molar refractivity (Wildman–Crippen MR) is 146 cm³/mol. The molecule has 0 bridgehead atoms. The highest BCUT2D eigenvalue weighted by atomic mass is 32.2. The number of hydrogen-bond acceptors (Lipinski definition) is 9. The van der Waals surface area contributed by atoms with E-state index in [0.29, 0.717) is 28.0 Å². The van der Waals surface area contributed by atoms with Crippen LogP contribution in [-0.4, -0.2) is 60.3 Å². The van der Waals surface area contributed by atoms with E-state index in [4.69, 9.17) is 9.47 Å². The lowest BCUT2D eigenvalue weighted by molar-refractivity contribution is 0.0416. The number of sulfone groups is 1. The number of nitrogens with one attached hydrogen (secondary N) is 3. The fourth-order valence-corrected chi connectivity index (χ4v) is 7.61. The average Bonchev–Trinajstić information content (AvgIpc) is 3.47. The molecular weight excluding hydrogens is 526 g/mol. The highest BCUT2D eigenvalue weighted by Crippen LogP contribution is 2.41. The number of amides is 1. The van der Waals surface area contributed by atoms with Gasteiger partial charge in [-0.2, -0.15) is 5.10 Å². The number of nitrogens with zero attached hydrogens (tertiary/aromatic N) is 2. The maximum Gasteiger partial charge on any atom is 0.407 e. The molecular formula is C26H33N5O5S2. The number of hydrogen-bond donors (Lipinski definition) is 3.